The summed E-state index contributed by atoms with van der Waals surface area (Å²) in [6.45, 7) is 5.85. The lowest BCUT2D eigenvalue weighted by Gasteiger charge is -2.26. The van der Waals surface area contributed by atoms with E-state index >= 15 is 0 Å². The van der Waals surface area contributed by atoms with Gasteiger partial charge in [0, 0.05) is 12.1 Å². The van der Waals surface area contributed by atoms with Gasteiger partial charge in [-0.05, 0) is 76.8 Å². The van der Waals surface area contributed by atoms with Crippen LogP contribution >= 0.6 is 11.6 Å². The summed E-state index contributed by atoms with van der Waals surface area (Å²) in [5.41, 5.74) is 1.10. The number of halogens is 1. The van der Waals surface area contributed by atoms with Crippen molar-refractivity contribution in [3.05, 3.63) is 64.2 Å². The molecule has 2 aromatic carbocycles. The van der Waals surface area contributed by atoms with Crippen molar-refractivity contribution in [1.29, 1.82) is 0 Å². The molecule has 0 saturated carbocycles. The van der Waals surface area contributed by atoms with Crippen molar-refractivity contribution >= 4 is 29.1 Å². The summed E-state index contributed by atoms with van der Waals surface area (Å²) in [6, 6.07) is 11.3. The summed E-state index contributed by atoms with van der Waals surface area (Å²) in [7, 11) is 3.90. The van der Waals surface area contributed by atoms with Gasteiger partial charge in [-0.15, -0.1) is 0 Å². The Balaban J connectivity index is 2.07. The van der Waals surface area contributed by atoms with Gasteiger partial charge in [-0.1, -0.05) is 23.7 Å². The molecule has 0 radical (unpaired) electrons. The normalized spacial score (nSPS) is 17.5. The second-order valence-corrected chi connectivity index (χ2v) is 8.64. The predicted octanol–water partition coefficient (Wildman–Crippen LogP) is 4.51. The molecule has 1 atom stereocenters. The number of amides is 1. The molecule has 1 unspecified atom stereocenters. The van der Waals surface area contributed by atoms with Crippen LogP contribution in [0.1, 0.15) is 37.4 Å². The van der Waals surface area contributed by atoms with Crippen molar-refractivity contribution in [3.8, 4) is 11.5 Å². The van der Waals surface area contributed by atoms with Crippen LogP contribution in [0.15, 0.2) is 48.0 Å². The van der Waals surface area contributed by atoms with Crippen molar-refractivity contribution in [3.63, 3.8) is 0 Å². The van der Waals surface area contributed by atoms with Crippen molar-refractivity contribution in [2.24, 2.45) is 0 Å². The standard InChI is InChI=1S/C26H31ClN2O5/c1-5-33-19-11-8-17(9-12-19)23-22(25(31)26(32)29(23)15-7-14-28(3)4)24(30)18-10-13-21(34-6-2)20(27)16-18/h8-13,16,23,30H,5-7,14-15H2,1-4H3. The number of carbonyl (C=O) groups is 2. The second-order valence-electron chi connectivity index (χ2n) is 8.23. The zero-order valence-corrected chi connectivity index (χ0v) is 20.8. The number of benzene rings is 2. The van der Waals surface area contributed by atoms with Gasteiger partial charge in [0.25, 0.3) is 11.7 Å². The highest BCUT2D eigenvalue weighted by atomic mass is 35.5. The van der Waals surface area contributed by atoms with Crippen LogP contribution in [0.25, 0.3) is 5.76 Å². The van der Waals surface area contributed by atoms with E-state index < -0.39 is 17.7 Å². The van der Waals surface area contributed by atoms with Gasteiger partial charge in [-0.2, -0.15) is 0 Å². The van der Waals surface area contributed by atoms with Gasteiger partial charge in [0.05, 0.1) is 29.9 Å². The average Bonchev–Trinajstić information content (AvgIpc) is 3.05. The monoisotopic (exact) mass is 486 g/mol. The molecule has 1 saturated heterocycles. The lowest BCUT2D eigenvalue weighted by Crippen LogP contribution is -2.32. The number of aliphatic hydroxyl groups is 1. The van der Waals surface area contributed by atoms with Gasteiger partial charge in [0.1, 0.15) is 17.3 Å². The molecule has 0 aliphatic carbocycles. The minimum atomic E-state index is -0.719. The van der Waals surface area contributed by atoms with Gasteiger partial charge in [0.15, 0.2) is 0 Å². The maximum absolute atomic E-state index is 13.1. The molecule has 3 rings (SSSR count). The Morgan fingerprint density at radius 1 is 1.06 bits per heavy atom. The average molecular weight is 487 g/mol. The number of ether oxygens (including phenoxy) is 2. The zero-order chi connectivity index (χ0) is 24.8. The Hall–Kier alpha value is -3.03. The van der Waals surface area contributed by atoms with Crippen LogP contribution in [-0.4, -0.2) is 67.0 Å². The van der Waals surface area contributed by atoms with E-state index in [-0.39, 0.29) is 11.3 Å². The molecule has 8 heteroatoms. The van der Waals surface area contributed by atoms with E-state index in [1.54, 1.807) is 24.3 Å². The van der Waals surface area contributed by atoms with E-state index in [1.165, 1.54) is 11.0 Å². The molecule has 1 fully saturated rings. The first-order valence-electron chi connectivity index (χ1n) is 11.4. The fourth-order valence-corrected chi connectivity index (χ4v) is 4.24. The molecule has 0 spiro atoms. The highest BCUT2D eigenvalue weighted by molar-refractivity contribution is 6.46. The Morgan fingerprint density at radius 3 is 2.32 bits per heavy atom. The summed E-state index contributed by atoms with van der Waals surface area (Å²) in [5, 5.41) is 11.5. The second kappa shape index (κ2) is 11.4. The molecule has 182 valence electrons. The van der Waals surface area contributed by atoms with Gasteiger partial charge >= 0.3 is 0 Å². The van der Waals surface area contributed by atoms with E-state index in [1.807, 2.05) is 45.0 Å². The van der Waals surface area contributed by atoms with E-state index in [0.29, 0.717) is 53.8 Å². The SMILES string of the molecule is CCOc1ccc(C2C(=C(O)c3ccc(OCC)c(Cl)c3)C(=O)C(=O)N2CCCN(C)C)cc1. The van der Waals surface area contributed by atoms with E-state index in [2.05, 4.69) is 0 Å². The number of carbonyl (C=O) groups excluding carboxylic acids is 2. The molecular formula is C26H31ClN2O5. The third-order valence-electron chi connectivity index (χ3n) is 5.56. The highest BCUT2D eigenvalue weighted by Gasteiger charge is 2.45. The molecule has 1 amide bonds. The molecular weight excluding hydrogens is 456 g/mol. The highest BCUT2D eigenvalue weighted by Crippen LogP contribution is 2.40. The maximum atomic E-state index is 13.1. The van der Waals surface area contributed by atoms with E-state index in [9.17, 15) is 14.7 Å². The third-order valence-corrected chi connectivity index (χ3v) is 5.85. The number of aliphatic hydroxyl groups excluding tert-OH is 1. The Labute approximate surface area is 205 Å². The Kier molecular flexibility index (Phi) is 8.58. The molecule has 2 aromatic rings. The first-order chi connectivity index (χ1) is 16.3. The summed E-state index contributed by atoms with van der Waals surface area (Å²) >= 11 is 6.31. The summed E-state index contributed by atoms with van der Waals surface area (Å²) < 4.78 is 11.0. The molecule has 0 aromatic heterocycles. The summed E-state index contributed by atoms with van der Waals surface area (Å²) in [5.74, 6) is -0.443. The number of Topliss-reactive ketones (excluding diaryl/α,β-unsaturated/α-hetero) is 1. The van der Waals surface area contributed by atoms with E-state index in [0.717, 1.165) is 6.54 Å². The van der Waals surface area contributed by atoms with Gasteiger partial charge < -0.3 is 24.4 Å². The number of hydrogen-bond acceptors (Lipinski definition) is 6. The Morgan fingerprint density at radius 2 is 1.74 bits per heavy atom. The van der Waals surface area contributed by atoms with E-state index in [4.69, 9.17) is 21.1 Å². The summed E-state index contributed by atoms with van der Waals surface area (Å²) in [6.07, 6.45) is 0.683. The molecule has 0 bridgehead atoms. The van der Waals surface area contributed by atoms with Crippen molar-refractivity contribution < 1.29 is 24.2 Å². The topological polar surface area (TPSA) is 79.3 Å². The first kappa shape index (κ1) is 25.6. The largest absolute Gasteiger partial charge is 0.507 e. The lowest BCUT2D eigenvalue weighted by atomic mass is 9.95. The van der Waals surface area contributed by atoms with Crippen molar-refractivity contribution in [1.82, 2.24) is 9.80 Å². The lowest BCUT2D eigenvalue weighted by molar-refractivity contribution is -0.139. The molecule has 1 heterocycles. The van der Waals surface area contributed by atoms with Crippen LogP contribution in [0.5, 0.6) is 11.5 Å². The van der Waals surface area contributed by atoms with Crippen LogP contribution in [0.2, 0.25) is 5.02 Å². The predicted molar refractivity (Wildman–Crippen MR) is 132 cm³/mol. The molecule has 7 nitrogen and oxygen atoms in total. The minimum absolute atomic E-state index is 0.0410. The molecule has 1 aliphatic heterocycles. The van der Waals surface area contributed by atoms with Gasteiger partial charge in [0.2, 0.25) is 0 Å². The van der Waals surface area contributed by atoms with Crippen LogP contribution in [0.4, 0.5) is 0 Å². The molecule has 1 aliphatic rings. The number of hydrogen-bond donors (Lipinski definition) is 1. The first-order valence-corrected chi connectivity index (χ1v) is 11.7. The van der Waals surface area contributed by atoms with Crippen molar-refractivity contribution in [2.45, 2.75) is 26.3 Å². The Bertz CT molecular complexity index is 1070. The summed E-state index contributed by atoms with van der Waals surface area (Å²) in [4.78, 5) is 29.7. The fraction of sp³-hybridized carbons (Fsp3) is 0.385. The smallest absolute Gasteiger partial charge is 0.295 e. The van der Waals surface area contributed by atoms with Gasteiger partial charge in [-0.3, -0.25) is 9.59 Å². The molecule has 1 N–H and O–H groups in total. The number of likely N-dealkylation sites (tertiary alicyclic amines) is 1. The third kappa shape index (κ3) is 5.54. The van der Waals surface area contributed by atoms with Gasteiger partial charge in [-0.25, -0.2) is 0 Å². The molecule has 34 heavy (non-hydrogen) atoms. The van der Waals surface area contributed by atoms with Crippen LogP contribution in [-0.2, 0) is 9.59 Å². The maximum Gasteiger partial charge on any atom is 0.295 e. The van der Waals surface area contributed by atoms with Crippen LogP contribution in [0.3, 0.4) is 0 Å². The zero-order valence-electron chi connectivity index (χ0n) is 20.0. The number of ketones is 1. The van der Waals surface area contributed by atoms with Crippen molar-refractivity contribution in [2.75, 3.05) is 40.4 Å². The van der Waals surface area contributed by atoms with Crippen LogP contribution in [0, 0.1) is 0 Å². The fourth-order valence-electron chi connectivity index (χ4n) is 4.00. The minimum Gasteiger partial charge on any atom is -0.507 e. The number of rotatable bonds is 10. The van der Waals surface area contributed by atoms with Crippen LogP contribution < -0.4 is 9.47 Å². The quantitative estimate of drug-likeness (QED) is 0.302. The number of nitrogens with zero attached hydrogens (tertiary/aromatic N) is 2.